The van der Waals surface area contributed by atoms with E-state index < -0.39 is 34.7 Å². The minimum absolute atomic E-state index is 0.00758. The number of nitrogens with zero attached hydrogens (tertiary/aromatic N) is 3. The van der Waals surface area contributed by atoms with E-state index >= 15 is 0 Å². The summed E-state index contributed by atoms with van der Waals surface area (Å²) in [4.78, 5) is 26.6. The Hall–Kier alpha value is -2.91. The van der Waals surface area contributed by atoms with Crippen molar-refractivity contribution in [1.82, 2.24) is 14.8 Å². The SMILES string of the molecule is CCOC(=O)c1nn(C(C)(C)C)c(Oc2ccnc(C=O)c2C(F)(F)F)c1C. The lowest BCUT2D eigenvalue weighted by Gasteiger charge is -2.23. The molecule has 0 fully saturated rings. The summed E-state index contributed by atoms with van der Waals surface area (Å²) in [5.41, 5.74) is -2.67. The third kappa shape index (κ3) is 4.15. The predicted molar refractivity (Wildman–Crippen MR) is 92.6 cm³/mol. The van der Waals surface area contributed by atoms with E-state index in [2.05, 4.69) is 10.1 Å². The van der Waals surface area contributed by atoms with Gasteiger partial charge in [0.2, 0.25) is 5.88 Å². The standard InChI is InChI=1S/C18H20F3N3O4/c1-6-27-16(26)14-10(2)15(24(23-14)17(3,4)5)28-12-7-8-22-11(9-25)13(12)18(19,20)21/h7-9H,6H2,1-5H3. The van der Waals surface area contributed by atoms with Crippen molar-refractivity contribution in [2.45, 2.75) is 46.3 Å². The molecule has 7 nitrogen and oxygen atoms in total. The van der Waals surface area contributed by atoms with Crippen LogP contribution in [0.3, 0.4) is 0 Å². The number of pyridine rings is 1. The highest BCUT2D eigenvalue weighted by atomic mass is 19.4. The zero-order chi connectivity index (χ0) is 21.3. The summed E-state index contributed by atoms with van der Waals surface area (Å²) in [6, 6.07) is 0.999. The lowest BCUT2D eigenvalue weighted by atomic mass is 10.1. The first-order chi connectivity index (χ1) is 12.9. The first-order valence-electron chi connectivity index (χ1n) is 8.38. The Labute approximate surface area is 159 Å². The maximum Gasteiger partial charge on any atom is 0.422 e. The third-order valence-corrected chi connectivity index (χ3v) is 3.72. The molecule has 152 valence electrons. The topological polar surface area (TPSA) is 83.3 Å². The fraction of sp³-hybridized carbons (Fsp3) is 0.444. The van der Waals surface area contributed by atoms with Gasteiger partial charge in [-0.15, -0.1) is 0 Å². The van der Waals surface area contributed by atoms with Crippen LogP contribution in [-0.4, -0.2) is 33.6 Å². The molecule has 0 N–H and O–H groups in total. The molecule has 0 atom stereocenters. The number of carbonyl (C=O) groups excluding carboxylic acids is 2. The van der Waals surface area contributed by atoms with Crippen LogP contribution in [0.2, 0.25) is 0 Å². The Morgan fingerprint density at radius 3 is 2.43 bits per heavy atom. The number of aromatic nitrogens is 3. The molecular weight excluding hydrogens is 379 g/mol. The molecular formula is C18H20F3N3O4. The number of hydrogen-bond acceptors (Lipinski definition) is 6. The molecule has 0 bridgehead atoms. The minimum atomic E-state index is -4.87. The van der Waals surface area contributed by atoms with Gasteiger partial charge in [0.25, 0.3) is 0 Å². The highest BCUT2D eigenvalue weighted by Gasteiger charge is 2.39. The van der Waals surface area contributed by atoms with Gasteiger partial charge in [-0.3, -0.25) is 9.78 Å². The second kappa shape index (κ2) is 7.61. The van der Waals surface area contributed by atoms with Crippen molar-refractivity contribution in [1.29, 1.82) is 0 Å². The maximum absolute atomic E-state index is 13.5. The summed E-state index contributed by atoms with van der Waals surface area (Å²) in [5, 5.41) is 4.18. The van der Waals surface area contributed by atoms with Crippen LogP contribution in [0.15, 0.2) is 12.3 Å². The number of alkyl halides is 3. The van der Waals surface area contributed by atoms with Crippen LogP contribution in [-0.2, 0) is 16.5 Å². The molecule has 10 heteroatoms. The molecule has 0 saturated heterocycles. The second-order valence-electron chi connectivity index (χ2n) is 6.87. The van der Waals surface area contributed by atoms with Gasteiger partial charge in [0, 0.05) is 11.8 Å². The van der Waals surface area contributed by atoms with Crippen molar-refractivity contribution in [3.05, 3.63) is 34.8 Å². The molecule has 0 aliphatic heterocycles. The molecule has 2 aromatic rings. The Balaban J connectivity index is 2.67. The monoisotopic (exact) mass is 399 g/mol. The summed E-state index contributed by atoms with van der Waals surface area (Å²) in [6.07, 6.45) is -3.83. The van der Waals surface area contributed by atoms with Crippen LogP contribution >= 0.6 is 0 Å². The normalized spacial score (nSPS) is 12.0. The molecule has 0 aliphatic carbocycles. The molecule has 0 unspecified atom stereocenters. The number of halogens is 3. The quantitative estimate of drug-likeness (QED) is 0.555. The summed E-state index contributed by atoms with van der Waals surface area (Å²) < 4.78 is 52.3. The van der Waals surface area contributed by atoms with Crippen LogP contribution in [0.5, 0.6) is 11.6 Å². The first kappa shape index (κ1) is 21.4. The van der Waals surface area contributed by atoms with Gasteiger partial charge in [0.15, 0.2) is 12.0 Å². The Morgan fingerprint density at radius 1 is 1.29 bits per heavy atom. The number of hydrogen-bond donors (Lipinski definition) is 0. The smallest absolute Gasteiger partial charge is 0.422 e. The average molecular weight is 399 g/mol. The maximum atomic E-state index is 13.5. The minimum Gasteiger partial charge on any atom is -0.461 e. The van der Waals surface area contributed by atoms with Crippen molar-refractivity contribution in [3.8, 4) is 11.6 Å². The van der Waals surface area contributed by atoms with E-state index in [0.717, 1.165) is 12.3 Å². The van der Waals surface area contributed by atoms with Gasteiger partial charge in [0.05, 0.1) is 12.1 Å². The van der Waals surface area contributed by atoms with Gasteiger partial charge < -0.3 is 9.47 Å². The fourth-order valence-corrected chi connectivity index (χ4v) is 2.47. The van der Waals surface area contributed by atoms with Crippen LogP contribution in [0.4, 0.5) is 13.2 Å². The summed E-state index contributed by atoms with van der Waals surface area (Å²) in [6.45, 7) is 8.47. The van der Waals surface area contributed by atoms with E-state index in [9.17, 15) is 22.8 Å². The zero-order valence-electron chi connectivity index (χ0n) is 16.0. The summed E-state index contributed by atoms with van der Waals surface area (Å²) >= 11 is 0. The summed E-state index contributed by atoms with van der Waals surface area (Å²) in [5.74, 6) is -1.40. The molecule has 0 aromatic carbocycles. The van der Waals surface area contributed by atoms with Crippen LogP contribution in [0.25, 0.3) is 0 Å². The molecule has 2 aromatic heterocycles. The Morgan fingerprint density at radius 2 is 1.93 bits per heavy atom. The van der Waals surface area contributed by atoms with E-state index in [0.29, 0.717) is 0 Å². The van der Waals surface area contributed by atoms with E-state index in [1.165, 1.54) is 11.6 Å². The molecule has 0 aliphatic rings. The molecule has 0 amide bonds. The molecule has 28 heavy (non-hydrogen) atoms. The van der Waals surface area contributed by atoms with Crippen molar-refractivity contribution in [2.24, 2.45) is 0 Å². The molecule has 2 rings (SSSR count). The first-order valence-corrected chi connectivity index (χ1v) is 8.38. The van der Waals surface area contributed by atoms with Gasteiger partial charge in [-0.1, -0.05) is 0 Å². The highest BCUT2D eigenvalue weighted by molar-refractivity contribution is 5.89. The third-order valence-electron chi connectivity index (χ3n) is 3.72. The second-order valence-corrected chi connectivity index (χ2v) is 6.87. The number of rotatable bonds is 5. The zero-order valence-corrected chi connectivity index (χ0v) is 16.0. The Kier molecular flexibility index (Phi) is 5.81. The number of esters is 1. The van der Waals surface area contributed by atoms with Crippen molar-refractivity contribution < 1.29 is 32.2 Å². The van der Waals surface area contributed by atoms with Crippen LogP contribution in [0.1, 0.15) is 59.8 Å². The summed E-state index contributed by atoms with van der Waals surface area (Å²) in [7, 11) is 0. The van der Waals surface area contributed by atoms with Crippen molar-refractivity contribution >= 4 is 12.3 Å². The predicted octanol–water partition coefficient (Wildman–Crippen LogP) is 4.14. The number of carbonyl (C=O) groups is 2. The van der Waals surface area contributed by atoms with Crippen LogP contribution in [0, 0.1) is 6.92 Å². The van der Waals surface area contributed by atoms with Gasteiger partial charge in [-0.25, -0.2) is 9.48 Å². The van der Waals surface area contributed by atoms with E-state index in [-0.39, 0.29) is 30.0 Å². The lowest BCUT2D eigenvalue weighted by molar-refractivity contribution is -0.139. The molecule has 0 radical (unpaired) electrons. The average Bonchev–Trinajstić information content (AvgIpc) is 2.91. The molecule has 0 saturated carbocycles. The molecule has 0 spiro atoms. The van der Waals surface area contributed by atoms with Gasteiger partial charge in [-0.05, 0) is 40.7 Å². The van der Waals surface area contributed by atoms with E-state index in [4.69, 9.17) is 9.47 Å². The van der Waals surface area contributed by atoms with Crippen LogP contribution < -0.4 is 4.74 Å². The van der Waals surface area contributed by atoms with Crippen molar-refractivity contribution in [3.63, 3.8) is 0 Å². The molecule has 2 heterocycles. The van der Waals surface area contributed by atoms with E-state index in [1.54, 1.807) is 27.7 Å². The van der Waals surface area contributed by atoms with Gasteiger partial charge >= 0.3 is 12.1 Å². The fourth-order valence-electron chi connectivity index (χ4n) is 2.47. The number of ether oxygens (including phenoxy) is 2. The highest BCUT2D eigenvalue weighted by Crippen LogP contribution is 2.41. The van der Waals surface area contributed by atoms with Gasteiger partial charge in [-0.2, -0.15) is 18.3 Å². The van der Waals surface area contributed by atoms with Gasteiger partial charge in [0.1, 0.15) is 17.0 Å². The Bertz CT molecular complexity index is 899. The van der Waals surface area contributed by atoms with E-state index in [1.807, 2.05) is 0 Å². The lowest BCUT2D eigenvalue weighted by Crippen LogP contribution is -2.24. The van der Waals surface area contributed by atoms with Crippen molar-refractivity contribution in [2.75, 3.05) is 6.61 Å². The number of aldehydes is 1. The largest absolute Gasteiger partial charge is 0.461 e.